The number of amides is 1. The summed E-state index contributed by atoms with van der Waals surface area (Å²) in [6.07, 6.45) is 2.04. The summed E-state index contributed by atoms with van der Waals surface area (Å²) in [5.41, 5.74) is 2.81. The first kappa shape index (κ1) is 18.7. The van der Waals surface area contributed by atoms with E-state index in [2.05, 4.69) is 5.32 Å². The van der Waals surface area contributed by atoms with Crippen LogP contribution < -0.4 is 10.2 Å². The van der Waals surface area contributed by atoms with Crippen LogP contribution in [0.5, 0.6) is 0 Å². The average Bonchev–Trinajstić information content (AvgIpc) is 3.45. The molecule has 142 valence electrons. The number of benzene rings is 2. The standard InChI is InChI=1S/C20H24N4O3/c1-22(2)17-9-4-14(5-10-17)13-23(3)20(25)15-6-11-18(21-16-7-8-16)19(12-15)24(26)27/h4-6,9-12,16,21H,7-8,13H2,1-3H3. The molecule has 0 unspecified atom stereocenters. The third-order valence-corrected chi connectivity index (χ3v) is 4.60. The van der Waals surface area contributed by atoms with Gasteiger partial charge in [-0.1, -0.05) is 12.1 Å². The maximum absolute atomic E-state index is 12.7. The van der Waals surface area contributed by atoms with E-state index in [4.69, 9.17) is 0 Å². The third kappa shape index (κ3) is 4.55. The van der Waals surface area contributed by atoms with Gasteiger partial charge in [0, 0.05) is 51.0 Å². The molecular weight excluding hydrogens is 344 g/mol. The summed E-state index contributed by atoms with van der Waals surface area (Å²) < 4.78 is 0. The van der Waals surface area contributed by atoms with E-state index in [-0.39, 0.29) is 11.6 Å². The normalized spacial score (nSPS) is 13.1. The van der Waals surface area contributed by atoms with Gasteiger partial charge in [0.15, 0.2) is 0 Å². The summed E-state index contributed by atoms with van der Waals surface area (Å²) in [4.78, 5) is 27.2. The van der Waals surface area contributed by atoms with Gasteiger partial charge in [-0.25, -0.2) is 0 Å². The lowest BCUT2D eigenvalue weighted by Crippen LogP contribution is -2.26. The number of hydrogen-bond acceptors (Lipinski definition) is 5. The molecule has 0 bridgehead atoms. The quantitative estimate of drug-likeness (QED) is 0.598. The monoisotopic (exact) mass is 368 g/mol. The van der Waals surface area contributed by atoms with Crippen molar-refractivity contribution >= 4 is 23.0 Å². The van der Waals surface area contributed by atoms with Gasteiger partial charge < -0.3 is 15.1 Å². The first-order chi connectivity index (χ1) is 12.8. The number of nitro groups is 1. The van der Waals surface area contributed by atoms with E-state index in [9.17, 15) is 14.9 Å². The highest BCUT2D eigenvalue weighted by molar-refractivity contribution is 5.95. The second kappa shape index (κ2) is 7.65. The first-order valence-electron chi connectivity index (χ1n) is 8.92. The molecule has 7 heteroatoms. The third-order valence-electron chi connectivity index (χ3n) is 4.60. The number of anilines is 2. The van der Waals surface area contributed by atoms with Crippen LogP contribution in [0.15, 0.2) is 42.5 Å². The van der Waals surface area contributed by atoms with Gasteiger partial charge in [-0.3, -0.25) is 14.9 Å². The van der Waals surface area contributed by atoms with Crippen LogP contribution >= 0.6 is 0 Å². The smallest absolute Gasteiger partial charge is 0.293 e. The zero-order valence-corrected chi connectivity index (χ0v) is 15.8. The van der Waals surface area contributed by atoms with Crippen molar-refractivity contribution in [3.63, 3.8) is 0 Å². The van der Waals surface area contributed by atoms with Crippen molar-refractivity contribution < 1.29 is 9.72 Å². The first-order valence-corrected chi connectivity index (χ1v) is 8.92. The van der Waals surface area contributed by atoms with Crippen LogP contribution in [-0.2, 0) is 6.54 Å². The highest BCUT2D eigenvalue weighted by atomic mass is 16.6. The Morgan fingerprint density at radius 1 is 1.15 bits per heavy atom. The van der Waals surface area contributed by atoms with Crippen molar-refractivity contribution in [1.82, 2.24) is 4.90 Å². The lowest BCUT2D eigenvalue weighted by Gasteiger charge is -2.19. The Labute approximate surface area is 158 Å². The van der Waals surface area contributed by atoms with Crippen molar-refractivity contribution in [3.8, 4) is 0 Å². The summed E-state index contributed by atoms with van der Waals surface area (Å²) in [5, 5.41) is 14.5. The minimum atomic E-state index is -0.443. The molecular formula is C20H24N4O3. The molecule has 0 spiro atoms. The van der Waals surface area contributed by atoms with Crippen LogP contribution in [-0.4, -0.2) is 42.9 Å². The molecule has 2 aromatic rings. The van der Waals surface area contributed by atoms with Gasteiger partial charge in [-0.2, -0.15) is 0 Å². The van der Waals surface area contributed by atoms with Gasteiger partial charge in [0.1, 0.15) is 5.69 Å². The summed E-state index contributed by atoms with van der Waals surface area (Å²) in [6.45, 7) is 0.433. The van der Waals surface area contributed by atoms with Crippen molar-refractivity contribution in [3.05, 3.63) is 63.7 Å². The number of nitrogens with zero attached hydrogens (tertiary/aromatic N) is 3. The highest BCUT2D eigenvalue weighted by Gasteiger charge is 2.26. The van der Waals surface area contributed by atoms with E-state index in [0.717, 1.165) is 24.1 Å². The predicted octanol–water partition coefficient (Wildman–Crippen LogP) is 3.51. The number of carbonyl (C=O) groups excluding carboxylic acids is 1. The zero-order chi connectivity index (χ0) is 19.6. The van der Waals surface area contributed by atoms with Crippen molar-refractivity contribution in [2.75, 3.05) is 31.4 Å². The van der Waals surface area contributed by atoms with E-state index in [1.807, 2.05) is 43.3 Å². The largest absolute Gasteiger partial charge is 0.378 e. The fourth-order valence-electron chi connectivity index (χ4n) is 2.85. The van der Waals surface area contributed by atoms with E-state index >= 15 is 0 Å². The van der Waals surface area contributed by atoms with Crippen molar-refractivity contribution in [1.29, 1.82) is 0 Å². The summed E-state index contributed by atoms with van der Waals surface area (Å²) in [7, 11) is 5.64. The Hall–Kier alpha value is -3.09. The minimum Gasteiger partial charge on any atom is -0.378 e. The predicted molar refractivity (Wildman–Crippen MR) is 106 cm³/mol. The van der Waals surface area contributed by atoms with Gasteiger partial charge in [0.25, 0.3) is 11.6 Å². The molecule has 0 saturated heterocycles. The van der Waals surface area contributed by atoms with Crippen LogP contribution in [0, 0.1) is 10.1 Å². The molecule has 7 nitrogen and oxygen atoms in total. The molecule has 1 aliphatic rings. The highest BCUT2D eigenvalue weighted by Crippen LogP contribution is 2.31. The molecule has 0 radical (unpaired) electrons. The van der Waals surface area contributed by atoms with E-state index < -0.39 is 4.92 Å². The topological polar surface area (TPSA) is 78.7 Å². The molecule has 0 aromatic heterocycles. The molecule has 1 aliphatic carbocycles. The lowest BCUT2D eigenvalue weighted by atomic mass is 10.1. The number of carbonyl (C=O) groups is 1. The summed E-state index contributed by atoms with van der Waals surface area (Å²) in [5.74, 6) is -0.243. The number of hydrogen-bond donors (Lipinski definition) is 1. The SMILES string of the molecule is CN(Cc1ccc(N(C)C)cc1)C(=O)c1ccc(NC2CC2)c([N+](=O)[O-])c1. The Morgan fingerprint density at radius 3 is 2.37 bits per heavy atom. The van der Waals surface area contributed by atoms with Crippen LogP contribution in [0.2, 0.25) is 0 Å². The average molecular weight is 368 g/mol. The number of rotatable bonds is 7. The molecule has 0 heterocycles. The van der Waals surface area contributed by atoms with Gasteiger partial charge in [-0.05, 0) is 42.7 Å². The Morgan fingerprint density at radius 2 is 1.81 bits per heavy atom. The van der Waals surface area contributed by atoms with Crippen LogP contribution in [0.1, 0.15) is 28.8 Å². The maximum atomic E-state index is 12.7. The van der Waals surface area contributed by atoms with Crippen molar-refractivity contribution in [2.45, 2.75) is 25.4 Å². The molecule has 0 aliphatic heterocycles. The summed E-state index contributed by atoms with van der Waals surface area (Å²) in [6, 6.07) is 12.9. The lowest BCUT2D eigenvalue weighted by molar-refractivity contribution is -0.384. The second-order valence-electron chi connectivity index (χ2n) is 7.13. The molecule has 1 saturated carbocycles. The van der Waals surface area contributed by atoms with Crippen LogP contribution in [0.4, 0.5) is 17.1 Å². The fraction of sp³-hybridized carbons (Fsp3) is 0.350. The Kier molecular flexibility index (Phi) is 5.30. The Bertz CT molecular complexity index is 845. The zero-order valence-electron chi connectivity index (χ0n) is 15.8. The van der Waals surface area contributed by atoms with Gasteiger partial charge in [0.2, 0.25) is 0 Å². The van der Waals surface area contributed by atoms with Crippen LogP contribution in [0.25, 0.3) is 0 Å². The Balaban J connectivity index is 1.73. The molecule has 2 aromatic carbocycles. The minimum absolute atomic E-state index is 0.0588. The van der Waals surface area contributed by atoms with Crippen LogP contribution in [0.3, 0.4) is 0 Å². The molecule has 3 rings (SSSR count). The maximum Gasteiger partial charge on any atom is 0.293 e. The fourth-order valence-corrected chi connectivity index (χ4v) is 2.85. The van der Waals surface area contributed by atoms with Gasteiger partial charge >= 0.3 is 0 Å². The van der Waals surface area contributed by atoms with E-state index in [1.54, 1.807) is 24.1 Å². The molecule has 1 fully saturated rings. The molecule has 1 amide bonds. The molecule has 1 N–H and O–H groups in total. The molecule has 0 atom stereocenters. The van der Waals surface area contributed by atoms with E-state index in [0.29, 0.717) is 23.8 Å². The number of nitro benzene ring substituents is 1. The summed E-state index contributed by atoms with van der Waals surface area (Å²) >= 11 is 0. The number of nitrogens with one attached hydrogen (secondary N) is 1. The van der Waals surface area contributed by atoms with Gasteiger partial charge in [0.05, 0.1) is 4.92 Å². The second-order valence-corrected chi connectivity index (χ2v) is 7.13. The molecule has 27 heavy (non-hydrogen) atoms. The van der Waals surface area contributed by atoms with Crippen molar-refractivity contribution in [2.24, 2.45) is 0 Å². The van der Waals surface area contributed by atoms with E-state index in [1.165, 1.54) is 6.07 Å². The van der Waals surface area contributed by atoms with Gasteiger partial charge in [-0.15, -0.1) is 0 Å².